The molecule has 0 saturated heterocycles. The first-order valence-corrected chi connectivity index (χ1v) is 6.51. The van der Waals surface area contributed by atoms with E-state index in [2.05, 4.69) is 55.1 Å². The summed E-state index contributed by atoms with van der Waals surface area (Å²) in [5, 5.41) is 1.66. The van der Waals surface area contributed by atoms with E-state index < -0.39 is 0 Å². The van der Waals surface area contributed by atoms with Gasteiger partial charge in [0.1, 0.15) is 15.7 Å². The van der Waals surface area contributed by atoms with E-state index in [-0.39, 0.29) is 0 Å². The summed E-state index contributed by atoms with van der Waals surface area (Å²) < 4.78 is 0. The van der Waals surface area contributed by atoms with E-state index in [0.717, 1.165) is 22.1 Å². The molecule has 0 amide bonds. The van der Waals surface area contributed by atoms with Gasteiger partial charge in [-0.2, -0.15) is 11.8 Å². The Balaban J connectivity index is 3.58. The van der Waals surface area contributed by atoms with Gasteiger partial charge in [-0.3, -0.25) is 0 Å². The molecule has 13 heavy (non-hydrogen) atoms. The second-order valence-corrected chi connectivity index (χ2v) is 6.90. The first-order chi connectivity index (χ1) is 5.91. The van der Waals surface area contributed by atoms with Gasteiger partial charge in [-0.15, -0.1) is 0 Å². The molecule has 0 saturated carbocycles. The highest BCUT2D eigenvalue weighted by Gasteiger charge is 2.11. The molecule has 0 aliphatic rings. The SMILES string of the molecule is BC(CC(C)C)SC(B)CC(C)C. The van der Waals surface area contributed by atoms with Crippen LogP contribution in [0.25, 0.3) is 0 Å². The van der Waals surface area contributed by atoms with Crippen molar-refractivity contribution in [3.05, 3.63) is 0 Å². The van der Waals surface area contributed by atoms with Crippen LogP contribution in [0.5, 0.6) is 0 Å². The fourth-order valence-corrected chi connectivity index (χ4v) is 3.62. The Labute approximate surface area is 90.5 Å². The van der Waals surface area contributed by atoms with Crippen LogP contribution in [0.2, 0.25) is 0 Å². The van der Waals surface area contributed by atoms with Gasteiger partial charge in [0.2, 0.25) is 0 Å². The lowest BCUT2D eigenvalue weighted by molar-refractivity contribution is 0.606. The highest BCUT2D eigenvalue weighted by molar-refractivity contribution is 8.02. The van der Waals surface area contributed by atoms with E-state index in [0.29, 0.717) is 0 Å². The van der Waals surface area contributed by atoms with E-state index in [1.807, 2.05) is 0 Å². The smallest absolute Gasteiger partial charge is 0.118 e. The largest absolute Gasteiger partial charge is 0.173 e. The van der Waals surface area contributed by atoms with Crippen molar-refractivity contribution in [3.63, 3.8) is 0 Å². The minimum absolute atomic E-state index is 0.828. The highest BCUT2D eigenvalue weighted by Crippen LogP contribution is 2.23. The van der Waals surface area contributed by atoms with Gasteiger partial charge in [0.25, 0.3) is 0 Å². The van der Waals surface area contributed by atoms with Crippen LogP contribution in [-0.4, -0.2) is 26.0 Å². The molecule has 0 aromatic rings. The maximum atomic E-state index is 2.36. The van der Waals surface area contributed by atoms with Gasteiger partial charge in [-0.25, -0.2) is 0 Å². The van der Waals surface area contributed by atoms with Crippen LogP contribution in [0.1, 0.15) is 40.5 Å². The van der Waals surface area contributed by atoms with E-state index in [9.17, 15) is 0 Å². The molecular weight excluding hydrogens is 174 g/mol. The maximum Gasteiger partial charge on any atom is 0.118 e. The Hall–Kier alpha value is 0.480. The lowest BCUT2D eigenvalue weighted by Gasteiger charge is -2.20. The zero-order chi connectivity index (χ0) is 10.4. The molecule has 0 heterocycles. The van der Waals surface area contributed by atoms with Gasteiger partial charge in [-0.1, -0.05) is 27.7 Å². The predicted octanol–water partition coefficient (Wildman–Crippen LogP) is 1.73. The Morgan fingerprint density at radius 1 is 0.846 bits per heavy atom. The minimum Gasteiger partial charge on any atom is -0.173 e. The summed E-state index contributed by atoms with van der Waals surface area (Å²) in [6, 6.07) is 0. The van der Waals surface area contributed by atoms with Crippen LogP contribution in [0.3, 0.4) is 0 Å². The van der Waals surface area contributed by atoms with Gasteiger partial charge in [0.05, 0.1) is 0 Å². The summed E-state index contributed by atoms with van der Waals surface area (Å²) in [7, 11) is 4.73. The third kappa shape index (κ3) is 8.80. The zero-order valence-corrected chi connectivity index (χ0v) is 10.9. The third-order valence-electron chi connectivity index (χ3n) is 2.07. The summed E-state index contributed by atoms with van der Waals surface area (Å²) in [5.74, 6) is 1.68. The molecule has 0 radical (unpaired) electrons. The van der Waals surface area contributed by atoms with Crippen molar-refractivity contribution in [1.29, 1.82) is 0 Å². The molecule has 0 fully saturated rings. The molecule has 2 unspecified atom stereocenters. The summed E-state index contributed by atoms with van der Waals surface area (Å²) >= 11 is 2.16. The van der Waals surface area contributed by atoms with Gasteiger partial charge in [0.15, 0.2) is 0 Å². The molecule has 0 rings (SSSR count). The lowest BCUT2D eigenvalue weighted by atomic mass is 9.94. The maximum absolute atomic E-state index is 2.36. The quantitative estimate of drug-likeness (QED) is 0.585. The predicted molar refractivity (Wildman–Crippen MR) is 71.2 cm³/mol. The average Bonchev–Trinajstić information content (AvgIpc) is 1.80. The van der Waals surface area contributed by atoms with Crippen molar-refractivity contribution in [2.75, 3.05) is 0 Å². The van der Waals surface area contributed by atoms with Crippen LogP contribution in [0.4, 0.5) is 0 Å². The molecule has 0 aliphatic heterocycles. The van der Waals surface area contributed by atoms with E-state index in [1.54, 1.807) is 0 Å². The van der Waals surface area contributed by atoms with Gasteiger partial charge < -0.3 is 0 Å². The van der Waals surface area contributed by atoms with Gasteiger partial charge >= 0.3 is 0 Å². The second-order valence-electron chi connectivity index (χ2n) is 5.02. The minimum atomic E-state index is 0.828. The standard InChI is InChI=1S/C10H24B2S/c1-7(2)5-9(11)13-10(12)6-8(3)4/h7-10H,5-6,11-12H2,1-4H3. The molecule has 0 N–H and O–H groups in total. The van der Waals surface area contributed by atoms with Crippen LogP contribution < -0.4 is 0 Å². The zero-order valence-electron chi connectivity index (χ0n) is 10.1. The van der Waals surface area contributed by atoms with Crippen molar-refractivity contribution in [2.45, 2.75) is 50.8 Å². The van der Waals surface area contributed by atoms with Crippen molar-refractivity contribution in [3.8, 4) is 0 Å². The molecule has 0 spiro atoms. The molecule has 0 bridgehead atoms. The number of thioether (sulfide) groups is 1. The van der Waals surface area contributed by atoms with Gasteiger partial charge in [0, 0.05) is 0 Å². The highest BCUT2D eigenvalue weighted by atomic mass is 32.2. The number of rotatable bonds is 6. The van der Waals surface area contributed by atoms with Gasteiger partial charge in [-0.05, 0) is 35.0 Å². The summed E-state index contributed by atoms with van der Waals surface area (Å²) in [5.41, 5.74) is 0. The Bertz CT molecular complexity index is 112. The second kappa shape index (κ2) is 6.86. The summed E-state index contributed by atoms with van der Waals surface area (Å²) in [6.07, 6.45) is 2.71. The lowest BCUT2D eigenvalue weighted by Crippen LogP contribution is -2.15. The van der Waals surface area contributed by atoms with E-state index in [1.165, 1.54) is 12.8 Å². The third-order valence-corrected chi connectivity index (χ3v) is 3.39. The normalized spacial score (nSPS) is 16.5. The summed E-state index contributed by atoms with van der Waals surface area (Å²) in [6.45, 7) is 9.24. The molecule has 0 aromatic heterocycles. The van der Waals surface area contributed by atoms with E-state index >= 15 is 0 Å². The Morgan fingerprint density at radius 2 is 1.15 bits per heavy atom. The fourth-order valence-electron chi connectivity index (χ4n) is 1.84. The molecule has 0 aromatic carbocycles. The van der Waals surface area contributed by atoms with E-state index in [4.69, 9.17) is 0 Å². The molecule has 2 atom stereocenters. The van der Waals surface area contributed by atoms with Crippen LogP contribution >= 0.6 is 11.8 Å². The molecule has 0 nitrogen and oxygen atoms in total. The van der Waals surface area contributed by atoms with Crippen molar-refractivity contribution < 1.29 is 0 Å². The topological polar surface area (TPSA) is 0 Å². The molecule has 3 heteroatoms. The monoisotopic (exact) mass is 198 g/mol. The Morgan fingerprint density at radius 3 is 1.38 bits per heavy atom. The fraction of sp³-hybridized carbons (Fsp3) is 1.00. The van der Waals surface area contributed by atoms with Crippen molar-refractivity contribution in [1.82, 2.24) is 0 Å². The first kappa shape index (κ1) is 13.5. The number of hydrogen-bond donors (Lipinski definition) is 0. The number of hydrogen-bond acceptors (Lipinski definition) is 1. The molecular formula is C10H24B2S. The Kier molecular flexibility index (Phi) is 7.12. The molecule has 0 aliphatic carbocycles. The average molecular weight is 198 g/mol. The van der Waals surface area contributed by atoms with Crippen LogP contribution in [0.15, 0.2) is 0 Å². The van der Waals surface area contributed by atoms with Crippen molar-refractivity contribution in [2.24, 2.45) is 11.8 Å². The first-order valence-electron chi connectivity index (χ1n) is 5.57. The van der Waals surface area contributed by atoms with Crippen LogP contribution in [0, 0.1) is 11.8 Å². The summed E-state index contributed by atoms with van der Waals surface area (Å²) in [4.78, 5) is 0. The van der Waals surface area contributed by atoms with Crippen molar-refractivity contribution >= 4 is 27.5 Å². The molecule has 76 valence electrons. The van der Waals surface area contributed by atoms with Crippen LogP contribution in [-0.2, 0) is 0 Å².